The highest BCUT2D eigenvalue weighted by atomic mass is 16.5. The van der Waals surface area contributed by atoms with Gasteiger partial charge in [-0.05, 0) is 38.5 Å². The zero-order valence-electron chi connectivity index (χ0n) is 11.0. The van der Waals surface area contributed by atoms with Gasteiger partial charge in [0.15, 0.2) is 0 Å². The van der Waals surface area contributed by atoms with Gasteiger partial charge in [0.1, 0.15) is 11.5 Å². The van der Waals surface area contributed by atoms with Crippen molar-refractivity contribution in [2.24, 2.45) is 0 Å². The van der Waals surface area contributed by atoms with Gasteiger partial charge in [-0.25, -0.2) is 0 Å². The van der Waals surface area contributed by atoms with Crippen molar-refractivity contribution in [1.29, 1.82) is 0 Å². The van der Waals surface area contributed by atoms with Gasteiger partial charge in [-0.1, -0.05) is 0 Å². The van der Waals surface area contributed by atoms with Crippen molar-refractivity contribution in [3.05, 3.63) is 23.3 Å². The van der Waals surface area contributed by atoms with Gasteiger partial charge in [0.25, 0.3) is 5.91 Å². The van der Waals surface area contributed by atoms with E-state index in [9.17, 15) is 4.79 Å². The number of aryl methyl sites for hydroxylation is 1. The molecule has 0 atom stereocenters. The highest BCUT2D eigenvalue weighted by Crippen LogP contribution is 2.28. The summed E-state index contributed by atoms with van der Waals surface area (Å²) >= 11 is 0. The summed E-state index contributed by atoms with van der Waals surface area (Å²) < 4.78 is 10.4. The van der Waals surface area contributed by atoms with E-state index in [-0.39, 0.29) is 11.9 Å². The molecule has 0 aliphatic heterocycles. The van der Waals surface area contributed by atoms with E-state index in [1.165, 1.54) is 0 Å². The first-order valence-corrected chi connectivity index (χ1v) is 5.53. The van der Waals surface area contributed by atoms with E-state index in [1.54, 1.807) is 26.4 Å². The quantitative estimate of drug-likeness (QED) is 0.872. The van der Waals surface area contributed by atoms with E-state index in [0.717, 1.165) is 5.56 Å². The van der Waals surface area contributed by atoms with Gasteiger partial charge >= 0.3 is 0 Å². The Kier molecular flexibility index (Phi) is 4.37. The number of hydrogen-bond acceptors (Lipinski definition) is 3. The lowest BCUT2D eigenvalue weighted by Crippen LogP contribution is -2.30. The number of nitrogens with one attached hydrogen (secondary N) is 1. The Morgan fingerprint density at radius 3 is 2.24 bits per heavy atom. The van der Waals surface area contributed by atoms with E-state index in [0.29, 0.717) is 17.1 Å². The topological polar surface area (TPSA) is 47.6 Å². The molecule has 17 heavy (non-hydrogen) atoms. The van der Waals surface area contributed by atoms with Crippen molar-refractivity contribution in [3.8, 4) is 11.5 Å². The van der Waals surface area contributed by atoms with Crippen LogP contribution in [0.3, 0.4) is 0 Å². The Balaban J connectivity index is 3.16. The minimum absolute atomic E-state index is 0.0829. The van der Waals surface area contributed by atoms with Crippen LogP contribution in [-0.2, 0) is 0 Å². The van der Waals surface area contributed by atoms with Gasteiger partial charge in [-0.15, -0.1) is 0 Å². The lowest BCUT2D eigenvalue weighted by Gasteiger charge is -2.14. The van der Waals surface area contributed by atoms with Crippen molar-refractivity contribution in [2.45, 2.75) is 26.8 Å². The Bertz CT molecular complexity index is 413. The first-order valence-electron chi connectivity index (χ1n) is 5.53. The normalized spacial score (nSPS) is 10.2. The average molecular weight is 237 g/mol. The van der Waals surface area contributed by atoms with Crippen LogP contribution >= 0.6 is 0 Å². The third-order valence-electron chi connectivity index (χ3n) is 2.38. The average Bonchev–Trinajstić information content (AvgIpc) is 2.27. The molecule has 1 aromatic rings. The number of amides is 1. The summed E-state index contributed by atoms with van der Waals surface area (Å²) in [6, 6.07) is 3.58. The van der Waals surface area contributed by atoms with Gasteiger partial charge in [0, 0.05) is 6.04 Å². The SMILES string of the molecule is COc1cc(C(=O)NC(C)C)c(OC)cc1C. The van der Waals surface area contributed by atoms with E-state index >= 15 is 0 Å². The molecule has 0 bridgehead atoms. The fraction of sp³-hybridized carbons (Fsp3) is 0.462. The molecule has 0 spiro atoms. The molecule has 1 aromatic carbocycles. The molecular formula is C13H19NO3. The molecule has 0 aromatic heterocycles. The number of benzene rings is 1. The minimum Gasteiger partial charge on any atom is -0.496 e. The van der Waals surface area contributed by atoms with Gasteiger partial charge in [-0.2, -0.15) is 0 Å². The number of carbonyl (C=O) groups excluding carboxylic acids is 1. The second-order valence-electron chi connectivity index (χ2n) is 4.15. The standard InChI is InChI=1S/C13H19NO3/c1-8(2)14-13(15)10-7-11(16-4)9(3)6-12(10)17-5/h6-8H,1-5H3,(H,14,15). The molecule has 0 saturated heterocycles. The number of methoxy groups -OCH3 is 2. The molecule has 1 N–H and O–H groups in total. The third-order valence-corrected chi connectivity index (χ3v) is 2.38. The highest BCUT2D eigenvalue weighted by molar-refractivity contribution is 5.97. The molecule has 0 saturated carbocycles. The molecule has 4 heteroatoms. The van der Waals surface area contributed by atoms with E-state index in [2.05, 4.69) is 5.32 Å². The van der Waals surface area contributed by atoms with Crippen LogP contribution in [0.1, 0.15) is 29.8 Å². The van der Waals surface area contributed by atoms with Crippen molar-refractivity contribution < 1.29 is 14.3 Å². The zero-order valence-corrected chi connectivity index (χ0v) is 11.0. The van der Waals surface area contributed by atoms with Gasteiger partial charge < -0.3 is 14.8 Å². The first-order chi connectivity index (χ1) is 7.99. The summed E-state index contributed by atoms with van der Waals surface area (Å²) in [5.41, 5.74) is 1.43. The molecular weight excluding hydrogens is 218 g/mol. The van der Waals surface area contributed by atoms with Gasteiger partial charge in [0.05, 0.1) is 19.8 Å². The molecule has 1 amide bonds. The second kappa shape index (κ2) is 5.57. The molecule has 0 aliphatic carbocycles. The lowest BCUT2D eigenvalue weighted by molar-refractivity contribution is 0.0939. The maximum absolute atomic E-state index is 12.0. The molecule has 0 heterocycles. The summed E-state index contributed by atoms with van der Waals surface area (Å²) in [5, 5.41) is 2.83. The third kappa shape index (κ3) is 3.12. The van der Waals surface area contributed by atoms with Crippen LogP contribution < -0.4 is 14.8 Å². The molecule has 0 unspecified atom stereocenters. The molecule has 4 nitrogen and oxygen atoms in total. The van der Waals surface area contributed by atoms with Crippen molar-refractivity contribution in [1.82, 2.24) is 5.32 Å². The lowest BCUT2D eigenvalue weighted by atomic mass is 10.1. The summed E-state index contributed by atoms with van der Waals surface area (Å²) in [5.74, 6) is 1.08. The highest BCUT2D eigenvalue weighted by Gasteiger charge is 2.16. The molecule has 1 rings (SSSR count). The van der Waals surface area contributed by atoms with Gasteiger partial charge in [-0.3, -0.25) is 4.79 Å². The number of hydrogen-bond donors (Lipinski definition) is 1. The van der Waals surface area contributed by atoms with E-state index < -0.39 is 0 Å². The molecule has 0 aliphatic rings. The number of carbonyl (C=O) groups is 1. The predicted molar refractivity (Wildman–Crippen MR) is 66.9 cm³/mol. The van der Waals surface area contributed by atoms with Crippen molar-refractivity contribution >= 4 is 5.91 Å². The summed E-state index contributed by atoms with van der Waals surface area (Å²) in [4.78, 5) is 12.0. The second-order valence-corrected chi connectivity index (χ2v) is 4.15. The Morgan fingerprint density at radius 2 is 1.76 bits per heavy atom. The van der Waals surface area contributed by atoms with E-state index in [1.807, 2.05) is 20.8 Å². The van der Waals surface area contributed by atoms with Crippen LogP contribution in [0.15, 0.2) is 12.1 Å². The molecule has 0 fully saturated rings. The van der Waals surface area contributed by atoms with Crippen LogP contribution in [0.2, 0.25) is 0 Å². The van der Waals surface area contributed by atoms with E-state index in [4.69, 9.17) is 9.47 Å². The largest absolute Gasteiger partial charge is 0.496 e. The van der Waals surface area contributed by atoms with Crippen LogP contribution in [0.5, 0.6) is 11.5 Å². The Hall–Kier alpha value is -1.71. The smallest absolute Gasteiger partial charge is 0.255 e. The maximum Gasteiger partial charge on any atom is 0.255 e. The Labute approximate surface area is 102 Å². The molecule has 94 valence electrons. The minimum atomic E-state index is -0.157. The van der Waals surface area contributed by atoms with Crippen LogP contribution in [0.4, 0.5) is 0 Å². The Morgan fingerprint density at radius 1 is 1.18 bits per heavy atom. The molecule has 0 radical (unpaired) electrons. The maximum atomic E-state index is 12.0. The fourth-order valence-corrected chi connectivity index (χ4v) is 1.57. The summed E-state index contributed by atoms with van der Waals surface area (Å²) in [6.45, 7) is 5.73. The number of rotatable bonds is 4. The monoisotopic (exact) mass is 237 g/mol. The van der Waals surface area contributed by atoms with Crippen LogP contribution in [0, 0.1) is 6.92 Å². The van der Waals surface area contributed by atoms with Crippen LogP contribution in [0.25, 0.3) is 0 Å². The van der Waals surface area contributed by atoms with Crippen molar-refractivity contribution in [3.63, 3.8) is 0 Å². The first kappa shape index (κ1) is 13.4. The predicted octanol–water partition coefficient (Wildman–Crippen LogP) is 2.15. The summed E-state index contributed by atoms with van der Waals surface area (Å²) in [7, 11) is 3.13. The van der Waals surface area contributed by atoms with Crippen molar-refractivity contribution in [2.75, 3.05) is 14.2 Å². The van der Waals surface area contributed by atoms with Gasteiger partial charge in [0.2, 0.25) is 0 Å². The summed E-state index contributed by atoms with van der Waals surface area (Å²) in [6.07, 6.45) is 0. The number of ether oxygens (including phenoxy) is 2. The van der Waals surface area contributed by atoms with Crippen LogP contribution in [-0.4, -0.2) is 26.2 Å². The zero-order chi connectivity index (χ0) is 13.0. The fourth-order valence-electron chi connectivity index (χ4n) is 1.57.